The predicted octanol–water partition coefficient (Wildman–Crippen LogP) is 2.27. The average molecular weight is 338 g/mol. The first-order valence-corrected chi connectivity index (χ1v) is 7.66. The molecule has 7 heteroatoms. The van der Waals surface area contributed by atoms with Gasteiger partial charge in [-0.15, -0.1) is 36.2 Å². The Labute approximate surface area is 136 Å². The van der Waals surface area contributed by atoms with Gasteiger partial charge in [-0.2, -0.15) is 0 Å². The van der Waals surface area contributed by atoms with Crippen LogP contribution in [0.1, 0.15) is 31.4 Å². The molecule has 114 valence electrons. The van der Waals surface area contributed by atoms with Gasteiger partial charge in [-0.3, -0.25) is 4.79 Å². The van der Waals surface area contributed by atoms with Crippen LogP contribution in [0.2, 0.25) is 0 Å². The van der Waals surface area contributed by atoms with Gasteiger partial charge in [-0.25, -0.2) is 4.98 Å². The number of hydrogen-bond acceptors (Lipinski definition) is 4. The van der Waals surface area contributed by atoms with Crippen molar-refractivity contribution >= 4 is 42.1 Å². The van der Waals surface area contributed by atoms with Crippen molar-refractivity contribution in [2.24, 2.45) is 0 Å². The van der Waals surface area contributed by atoms with Crippen LogP contribution in [0.15, 0.2) is 10.9 Å². The van der Waals surface area contributed by atoms with E-state index in [1.54, 1.807) is 11.3 Å². The fraction of sp³-hybridized carbons (Fsp3) is 0.692. The Bertz CT molecular complexity index is 416. The average Bonchev–Trinajstić information content (AvgIpc) is 2.96. The van der Waals surface area contributed by atoms with Crippen molar-refractivity contribution in [1.29, 1.82) is 0 Å². The minimum atomic E-state index is 0. The second kappa shape index (κ2) is 8.17. The molecule has 0 radical (unpaired) electrons. The number of likely N-dealkylation sites (tertiary alicyclic amines) is 1. The predicted molar refractivity (Wildman–Crippen MR) is 86.1 cm³/mol. The molecule has 1 aromatic heterocycles. The van der Waals surface area contributed by atoms with Gasteiger partial charge in [0.15, 0.2) is 0 Å². The topological polar surface area (TPSA) is 45.2 Å². The number of thiazole rings is 1. The lowest BCUT2D eigenvalue weighted by Crippen LogP contribution is -2.39. The zero-order valence-electron chi connectivity index (χ0n) is 11.3. The maximum Gasteiger partial charge on any atom is 0.223 e. The summed E-state index contributed by atoms with van der Waals surface area (Å²) in [5.41, 5.74) is 2.87. The van der Waals surface area contributed by atoms with Crippen molar-refractivity contribution in [3.05, 3.63) is 16.6 Å². The monoisotopic (exact) mass is 337 g/mol. The first-order chi connectivity index (χ1) is 8.81. The summed E-state index contributed by atoms with van der Waals surface area (Å²) in [5.74, 6) is 0.289. The summed E-state index contributed by atoms with van der Waals surface area (Å²) in [6.07, 6.45) is 4.99. The highest BCUT2D eigenvalue weighted by atomic mass is 35.5. The summed E-state index contributed by atoms with van der Waals surface area (Å²) in [5, 5.41) is 5.63. The van der Waals surface area contributed by atoms with Crippen LogP contribution in [0.4, 0.5) is 0 Å². The quantitative estimate of drug-likeness (QED) is 0.920. The van der Waals surface area contributed by atoms with E-state index in [1.165, 1.54) is 12.8 Å². The Kier molecular flexibility index (Phi) is 7.23. The molecule has 0 spiro atoms. The Hall–Kier alpha value is -0.360. The molecule has 4 nitrogen and oxygen atoms in total. The molecule has 0 saturated carbocycles. The number of carbonyl (C=O) groups is 1. The van der Waals surface area contributed by atoms with Crippen LogP contribution in [-0.4, -0.2) is 41.0 Å². The number of nitrogens with one attached hydrogen (secondary N) is 1. The Morgan fingerprint density at radius 2 is 2.15 bits per heavy atom. The molecular weight excluding hydrogens is 317 g/mol. The maximum atomic E-state index is 12.2. The van der Waals surface area contributed by atoms with Crippen LogP contribution in [0.5, 0.6) is 0 Å². The van der Waals surface area contributed by atoms with Gasteiger partial charge in [-0.1, -0.05) is 0 Å². The van der Waals surface area contributed by atoms with Gasteiger partial charge in [0.05, 0.1) is 11.2 Å². The molecule has 2 aliphatic heterocycles. The third kappa shape index (κ3) is 4.32. The van der Waals surface area contributed by atoms with Gasteiger partial charge in [-0.05, 0) is 25.7 Å². The van der Waals surface area contributed by atoms with Crippen molar-refractivity contribution in [3.8, 4) is 0 Å². The molecule has 2 atom stereocenters. The number of carbonyl (C=O) groups excluding carboxylic acids is 1. The summed E-state index contributed by atoms with van der Waals surface area (Å²) in [6, 6.07) is 1.17. The third-order valence-corrected chi connectivity index (χ3v) is 4.59. The second-order valence-corrected chi connectivity index (χ2v) is 5.96. The lowest BCUT2D eigenvalue weighted by Gasteiger charge is -2.24. The molecule has 2 bridgehead atoms. The van der Waals surface area contributed by atoms with E-state index in [0.29, 0.717) is 18.5 Å². The zero-order chi connectivity index (χ0) is 12.4. The molecule has 20 heavy (non-hydrogen) atoms. The molecular formula is C13H21Cl2N3OS. The number of fused-ring (bicyclic) bond motifs is 2. The van der Waals surface area contributed by atoms with Crippen molar-refractivity contribution in [3.63, 3.8) is 0 Å². The van der Waals surface area contributed by atoms with Crippen molar-refractivity contribution in [2.75, 3.05) is 13.1 Å². The molecule has 3 rings (SSSR count). The Morgan fingerprint density at radius 1 is 1.35 bits per heavy atom. The molecule has 2 fully saturated rings. The highest BCUT2D eigenvalue weighted by Crippen LogP contribution is 2.21. The number of nitrogens with zero attached hydrogens (tertiary/aromatic N) is 2. The maximum absolute atomic E-state index is 12.2. The number of hydrogen-bond donors (Lipinski definition) is 1. The summed E-state index contributed by atoms with van der Waals surface area (Å²) in [7, 11) is 0. The molecule has 0 aliphatic carbocycles. The van der Waals surface area contributed by atoms with E-state index in [9.17, 15) is 4.79 Å². The largest absolute Gasteiger partial charge is 0.341 e. The van der Waals surface area contributed by atoms with E-state index in [2.05, 4.69) is 10.3 Å². The van der Waals surface area contributed by atoms with Crippen LogP contribution >= 0.6 is 36.2 Å². The molecule has 2 aliphatic rings. The lowest BCUT2D eigenvalue weighted by molar-refractivity contribution is -0.131. The standard InChI is InChI=1S/C13H19N3OS.2ClH/c17-13(4-3-12-8-18-9-14-12)16-6-5-10-1-2-11(7-16)15-10;;/h8-11,15H,1-7H2;2*1H. The smallest absolute Gasteiger partial charge is 0.223 e. The number of aryl methyl sites for hydroxylation is 1. The van der Waals surface area contributed by atoms with Crippen LogP contribution < -0.4 is 5.32 Å². The first kappa shape index (κ1) is 17.7. The molecule has 1 amide bonds. The minimum Gasteiger partial charge on any atom is -0.341 e. The lowest BCUT2D eigenvalue weighted by atomic mass is 10.1. The highest BCUT2D eigenvalue weighted by molar-refractivity contribution is 7.07. The fourth-order valence-corrected chi connectivity index (χ4v) is 3.52. The highest BCUT2D eigenvalue weighted by Gasteiger charge is 2.30. The fourth-order valence-electron chi connectivity index (χ4n) is 2.92. The molecule has 0 aromatic carbocycles. The van der Waals surface area contributed by atoms with E-state index >= 15 is 0 Å². The van der Waals surface area contributed by atoms with Crippen molar-refractivity contribution < 1.29 is 4.79 Å². The summed E-state index contributed by atoms with van der Waals surface area (Å²) < 4.78 is 0. The molecule has 2 unspecified atom stereocenters. The number of rotatable bonds is 3. The van der Waals surface area contributed by atoms with Gasteiger partial charge < -0.3 is 10.2 Å². The Balaban J connectivity index is 0.000001000. The molecule has 2 saturated heterocycles. The SMILES string of the molecule is Cl.Cl.O=C(CCc1cscn1)N1CCC2CCC(C1)N2. The Morgan fingerprint density at radius 3 is 2.90 bits per heavy atom. The van der Waals surface area contributed by atoms with Gasteiger partial charge >= 0.3 is 0 Å². The number of aromatic nitrogens is 1. The number of halogens is 2. The first-order valence-electron chi connectivity index (χ1n) is 6.72. The van der Waals surface area contributed by atoms with E-state index < -0.39 is 0 Å². The molecule has 3 heterocycles. The minimum absolute atomic E-state index is 0. The van der Waals surface area contributed by atoms with Gasteiger partial charge in [0.1, 0.15) is 0 Å². The van der Waals surface area contributed by atoms with Crippen LogP contribution in [0.3, 0.4) is 0 Å². The van der Waals surface area contributed by atoms with Crippen molar-refractivity contribution in [2.45, 2.75) is 44.2 Å². The van der Waals surface area contributed by atoms with E-state index in [4.69, 9.17) is 0 Å². The normalized spacial score (nSPS) is 24.5. The van der Waals surface area contributed by atoms with Crippen LogP contribution in [-0.2, 0) is 11.2 Å². The van der Waals surface area contributed by atoms with Crippen LogP contribution in [0.25, 0.3) is 0 Å². The zero-order valence-corrected chi connectivity index (χ0v) is 13.7. The van der Waals surface area contributed by atoms with Gasteiger partial charge in [0.25, 0.3) is 0 Å². The second-order valence-electron chi connectivity index (χ2n) is 5.25. The van der Waals surface area contributed by atoms with Crippen LogP contribution in [0, 0.1) is 0 Å². The van der Waals surface area contributed by atoms with Crippen molar-refractivity contribution in [1.82, 2.24) is 15.2 Å². The third-order valence-electron chi connectivity index (χ3n) is 3.95. The van der Waals surface area contributed by atoms with E-state index in [1.807, 2.05) is 15.8 Å². The summed E-state index contributed by atoms with van der Waals surface area (Å²) in [4.78, 5) is 18.5. The van der Waals surface area contributed by atoms with Gasteiger partial charge in [0.2, 0.25) is 5.91 Å². The molecule has 1 N–H and O–H groups in total. The summed E-state index contributed by atoms with van der Waals surface area (Å²) >= 11 is 1.59. The van der Waals surface area contributed by atoms with Gasteiger partial charge in [0, 0.05) is 37.0 Å². The van der Waals surface area contributed by atoms with E-state index in [-0.39, 0.29) is 30.7 Å². The summed E-state index contributed by atoms with van der Waals surface area (Å²) in [6.45, 7) is 1.82. The van der Waals surface area contributed by atoms with E-state index in [0.717, 1.165) is 31.6 Å². The number of amides is 1. The molecule has 1 aromatic rings.